The smallest absolute Gasteiger partial charge is 0.387 e. The van der Waals surface area contributed by atoms with Gasteiger partial charge in [-0.05, 0) is 0 Å². The molecule has 3 N–H and O–H groups in total. The number of nitrogens with zero attached hydrogens (tertiary/aromatic N) is 1. The normalized spacial score (nSPS) is 10.5. The van der Waals surface area contributed by atoms with Crippen molar-refractivity contribution in [3.8, 4) is 5.75 Å². The summed E-state index contributed by atoms with van der Waals surface area (Å²) in [6, 6.07) is 1.92. The quantitative estimate of drug-likeness (QED) is 0.786. The number of carbonyl (C=O) groups is 1. The molecule has 0 saturated carbocycles. The first-order valence-electron chi connectivity index (χ1n) is 5.79. The van der Waals surface area contributed by atoms with E-state index in [1.165, 1.54) is 4.90 Å². The van der Waals surface area contributed by atoms with Gasteiger partial charge in [0.05, 0.1) is 11.4 Å². The number of carbonyl (C=O) groups excluding carboxylic acids is 1. The van der Waals surface area contributed by atoms with Crippen molar-refractivity contribution >= 4 is 17.3 Å². The zero-order chi connectivity index (χ0) is 15.3. The molecule has 8 heteroatoms. The Morgan fingerprint density at radius 3 is 2.65 bits per heavy atom. The van der Waals surface area contributed by atoms with Crippen molar-refractivity contribution < 1.29 is 22.7 Å². The number of ether oxygens (including phenoxy) is 1. The average Bonchev–Trinajstić information content (AvgIpc) is 2.33. The van der Waals surface area contributed by atoms with Crippen LogP contribution in [-0.2, 0) is 4.79 Å². The number of nitrogens with two attached hydrogens (primary N) is 1. The molecule has 0 aliphatic carbocycles. The highest BCUT2D eigenvalue weighted by Gasteiger charge is 2.13. The average molecular weight is 291 g/mol. The molecule has 112 valence electrons. The monoisotopic (exact) mass is 291 g/mol. The topological polar surface area (TPSA) is 67.6 Å². The highest BCUT2D eigenvalue weighted by Crippen LogP contribution is 2.29. The van der Waals surface area contributed by atoms with Crippen LogP contribution in [-0.4, -0.2) is 38.1 Å². The van der Waals surface area contributed by atoms with Gasteiger partial charge in [0.2, 0.25) is 5.91 Å². The molecule has 1 aromatic rings. The van der Waals surface area contributed by atoms with Crippen LogP contribution in [0, 0.1) is 5.82 Å². The SMILES string of the molecule is CN(C)C(=O)CCNc1cc(OC(F)F)c(F)cc1N. The molecule has 0 spiro atoms. The zero-order valence-electron chi connectivity index (χ0n) is 11.1. The van der Waals surface area contributed by atoms with Crippen molar-refractivity contribution in [3.63, 3.8) is 0 Å². The summed E-state index contributed by atoms with van der Waals surface area (Å²) in [5.74, 6) is -1.68. The van der Waals surface area contributed by atoms with Crippen LogP contribution in [0.1, 0.15) is 6.42 Å². The van der Waals surface area contributed by atoms with Crippen molar-refractivity contribution in [1.82, 2.24) is 4.90 Å². The van der Waals surface area contributed by atoms with Crippen LogP contribution < -0.4 is 15.8 Å². The van der Waals surface area contributed by atoms with Crippen molar-refractivity contribution in [2.24, 2.45) is 0 Å². The third kappa shape index (κ3) is 4.52. The summed E-state index contributed by atoms with van der Waals surface area (Å²) in [6.45, 7) is -2.89. The standard InChI is InChI=1S/C12H16F3N3O2/c1-18(2)11(19)3-4-17-9-6-10(20-12(14)15)7(13)5-8(9)16/h5-6,12,17H,3-4,16H2,1-2H3. The number of hydrogen-bond donors (Lipinski definition) is 2. The van der Waals surface area contributed by atoms with Gasteiger partial charge in [-0.2, -0.15) is 8.78 Å². The third-order valence-corrected chi connectivity index (χ3v) is 2.47. The molecule has 0 atom stereocenters. The number of anilines is 2. The van der Waals surface area contributed by atoms with E-state index in [9.17, 15) is 18.0 Å². The van der Waals surface area contributed by atoms with Crippen molar-refractivity contribution in [3.05, 3.63) is 17.9 Å². The maximum Gasteiger partial charge on any atom is 0.387 e. The van der Waals surface area contributed by atoms with E-state index in [1.807, 2.05) is 0 Å². The van der Waals surface area contributed by atoms with E-state index in [1.54, 1.807) is 14.1 Å². The molecule has 0 saturated heterocycles. The predicted octanol–water partition coefficient (Wildman–Crippen LogP) is 1.90. The van der Waals surface area contributed by atoms with Gasteiger partial charge < -0.3 is 20.7 Å². The van der Waals surface area contributed by atoms with Crippen LogP contribution >= 0.6 is 0 Å². The molecule has 0 unspecified atom stereocenters. The number of benzene rings is 1. The van der Waals surface area contributed by atoms with Crippen LogP contribution in [0.5, 0.6) is 5.75 Å². The van der Waals surface area contributed by atoms with Gasteiger partial charge in [0.15, 0.2) is 11.6 Å². The molecular formula is C12H16F3N3O2. The Morgan fingerprint density at radius 2 is 2.10 bits per heavy atom. The van der Waals surface area contributed by atoms with E-state index in [4.69, 9.17) is 5.73 Å². The summed E-state index contributed by atoms with van der Waals surface area (Å²) in [6.07, 6.45) is 0.189. The fraction of sp³-hybridized carbons (Fsp3) is 0.417. The highest BCUT2D eigenvalue weighted by atomic mass is 19.3. The first-order chi connectivity index (χ1) is 9.31. The van der Waals surface area contributed by atoms with Gasteiger partial charge in [-0.1, -0.05) is 0 Å². The lowest BCUT2D eigenvalue weighted by atomic mass is 10.2. The highest BCUT2D eigenvalue weighted by molar-refractivity contribution is 5.76. The first kappa shape index (κ1) is 15.9. The number of nitrogens with one attached hydrogen (secondary N) is 1. The van der Waals surface area contributed by atoms with E-state index in [-0.39, 0.29) is 30.2 Å². The van der Waals surface area contributed by atoms with E-state index < -0.39 is 18.2 Å². The predicted molar refractivity (Wildman–Crippen MR) is 69.2 cm³/mol. The van der Waals surface area contributed by atoms with Crippen LogP contribution in [0.25, 0.3) is 0 Å². The number of nitrogen functional groups attached to an aromatic ring is 1. The van der Waals surface area contributed by atoms with Gasteiger partial charge in [-0.3, -0.25) is 4.79 Å². The molecular weight excluding hydrogens is 275 g/mol. The maximum absolute atomic E-state index is 13.3. The zero-order valence-corrected chi connectivity index (χ0v) is 11.1. The number of alkyl halides is 2. The molecule has 20 heavy (non-hydrogen) atoms. The molecule has 0 heterocycles. The minimum absolute atomic E-state index is 0.0430. The largest absolute Gasteiger partial charge is 0.432 e. The number of amides is 1. The van der Waals surface area contributed by atoms with Crippen molar-refractivity contribution in [2.45, 2.75) is 13.0 Å². The second-order valence-corrected chi connectivity index (χ2v) is 4.21. The van der Waals surface area contributed by atoms with Gasteiger partial charge >= 0.3 is 6.61 Å². The molecule has 0 aliphatic rings. The second kappa shape index (κ2) is 6.88. The van der Waals surface area contributed by atoms with Gasteiger partial charge in [0, 0.05) is 39.2 Å². The van der Waals surface area contributed by atoms with Crippen LogP contribution in [0.3, 0.4) is 0 Å². The Kier molecular flexibility index (Phi) is 5.48. The summed E-state index contributed by atoms with van der Waals surface area (Å²) in [7, 11) is 3.23. The van der Waals surface area contributed by atoms with Gasteiger partial charge in [0.1, 0.15) is 0 Å². The lowest BCUT2D eigenvalue weighted by molar-refractivity contribution is -0.128. The van der Waals surface area contributed by atoms with E-state index >= 15 is 0 Å². The van der Waals surface area contributed by atoms with Gasteiger partial charge in [-0.15, -0.1) is 0 Å². The Labute approximate surface area is 114 Å². The Bertz CT molecular complexity index is 481. The Morgan fingerprint density at radius 1 is 1.45 bits per heavy atom. The van der Waals surface area contributed by atoms with Crippen LogP contribution in [0.15, 0.2) is 12.1 Å². The van der Waals surface area contributed by atoms with E-state index in [0.717, 1.165) is 12.1 Å². The van der Waals surface area contributed by atoms with Crippen molar-refractivity contribution in [2.75, 3.05) is 31.7 Å². The molecule has 0 aliphatic heterocycles. The molecule has 5 nitrogen and oxygen atoms in total. The van der Waals surface area contributed by atoms with E-state index in [2.05, 4.69) is 10.1 Å². The number of rotatable bonds is 6. The van der Waals surface area contributed by atoms with Gasteiger partial charge in [-0.25, -0.2) is 4.39 Å². The summed E-state index contributed by atoms with van der Waals surface area (Å²) in [5, 5.41) is 2.78. The summed E-state index contributed by atoms with van der Waals surface area (Å²) in [4.78, 5) is 12.8. The minimum atomic E-state index is -3.13. The Balaban J connectivity index is 2.72. The summed E-state index contributed by atoms with van der Waals surface area (Å²) < 4.78 is 41.5. The number of halogens is 3. The third-order valence-electron chi connectivity index (χ3n) is 2.47. The molecule has 1 aromatic carbocycles. The molecule has 1 amide bonds. The lowest BCUT2D eigenvalue weighted by Gasteiger charge is -2.14. The van der Waals surface area contributed by atoms with E-state index in [0.29, 0.717) is 0 Å². The molecule has 0 radical (unpaired) electrons. The molecule has 0 fully saturated rings. The maximum atomic E-state index is 13.3. The molecule has 1 rings (SSSR count). The summed E-state index contributed by atoms with van der Waals surface area (Å²) in [5.41, 5.74) is 5.83. The first-order valence-corrected chi connectivity index (χ1v) is 5.79. The summed E-state index contributed by atoms with van der Waals surface area (Å²) >= 11 is 0. The Hall–Kier alpha value is -2.12. The number of hydrogen-bond acceptors (Lipinski definition) is 4. The van der Waals surface area contributed by atoms with Crippen LogP contribution in [0.4, 0.5) is 24.5 Å². The van der Waals surface area contributed by atoms with Gasteiger partial charge in [0.25, 0.3) is 0 Å². The molecule has 0 aromatic heterocycles. The molecule has 0 bridgehead atoms. The van der Waals surface area contributed by atoms with Crippen LogP contribution in [0.2, 0.25) is 0 Å². The lowest BCUT2D eigenvalue weighted by Crippen LogP contribution is -2.24. The minimum Gasteiger partial charge on any atom is -0.432 e. The fourth-order valence-electron chi connectivity index (χ4n) is 1.44. The second-order valence-electron chi connectivity index (χ2n) is 4.21. The van der Waals surface area contributed by atoms with Crippen molar-refractivity contribution in [1.29, 1.82) is 0 Å². The fourth-order valence-corrected chi connectivity index (χ4v) is 1.44.